The Kier molecular flexibility index (Phi) is 10.2. The predicted molar refractivity (Wildman–Crippen MR) is 84.8 cm³/mol. The van der Waals surface area contributed by atoms with E-state index in [0.717, 1.165) is 12.8 Å². The molecule has 0 aromatic heterocycles. The molecule has 22 heavy (non-hydrogen) atoms. The van der Waals surface area contributed by atoms with Crippen LogP contribution in [-0.2, 0) is 14.3 Å². The van der Waals surface area contributed by atoms with Crippen LogP contribution >= 0.6 is 0 Å². The van der Waals surface area contributed by atoms with Gasteiger partial charge in [0.25, 0.3) is 0 Å². The fraction of sp³-hybridized carbons (Fsp3) is 0.647. The highest BCUT2D eigenvalue weighted by Crippen LogP contribution is 2.05. The molecular formula is C17H29NO4. The van der Waals surface area contributed by atoms with Crippen LogP contribution in [0.2, 0.25) is 0 Å². The maximum atomic E-state index is 11.7. The molecule has 0 aliphatic carbocycles. The first-order valence-electron chi connectivity index (χ1n) is 7.78. The van der Waals surface area contributed by atoms with Crippen molar-refractivity contribution in [2.75, 3.05) is 27.7 Å². The van der Waals surface area contributed by atoms with E-state index >= 15 is 0 Å². The largest absolute Gasteiger partial charge is 0.550 e. The second-order valence-electron chi connectivity index (χ2n) is 6.39. The molecule has 126 valence electrons. The van der Waals surface area contributed by atoms with Gasteiger partial charge in [0.1, 0.15) is 6.54 Å². The van der Waals surface area contributed by atoms with Crippen molar-refractivity contribution in [3.05, 3.63) is 24.3 Å². The van der Waals surface area contributed by atoms with Crippen LogP contribution in [-0.4, -0.2) is 50.2 Å². The van der Waals surface area contributed by atoms with Gasteiger partial charge >= 0.3 is 5.97 Å². The highest BCUT2D eigenvalue weighted by Gasteiger charge is 2.21. The van der Waals surface area contributed by atoms with Crippen LogP contribution in [0.25, 0.3) is 0 Å². The summed E-state index contributed by atoms with van der Waals surface area (Å²) in [5.74, 6) is -1.75. The Morgan fingerprint density at radius 3 is 2.41 bits per heavy atom. The van der Waals surface area contributed by atoms with Crippen LogP contribution in [0.1, 0.15) is 39.0 Å². The summed E-state index contributed by atoms with van der Waals surface area (Å²) in [6, 6.07) is 0. The Labute approximate surface area is 133 Å². The van der Waals surface area contributed by atoms with E-state index in [4.69, 9.17) is 4.74 Å². The molecule has 0 fully saturated rings. The molecule has 5 nitrogen and oxygen atoms in total. The van der Waals surface area contributed by atoms with E-state index in [9.17, 15) is 14.7 Å². The molecular weight excluding hydrogens is 282 g/mol. The van der Waals surface area contributed by atoms with E-state index in [0.29, 0.717) is 11.0 Å². The molecule has 0 bridgehead atoms. The van der Waals surface area contributed by atoms with Gasteiger partial charge in [0.2, 0.25) is 0 Å². The third-order valence-corrected chi connectivity index (χ3v) is 2.88. The second kappa shape index (κ2) is 11.0. The van der Waals surface area contributed by atoms with E-state index in [1.54, 1.807) is 6.08 Å². The van der Waals surface area contributed by atoms with Gasteiger partial charge in [0.15, 0.2) is 6.10 Å². The van der Waals surface area contributed by atoms with Crippen LogP contribution in [0, 0.1) is 0 Å². The van der Waals surface area contributed by atoms with Crippen molar-refractivity contribution in [1.82, 2.24) is 0 Å². The number of rotatable bonds is 11. The van der Waals surface area contributed by atoms with Crippen molar-refractivity contribution in [1.29, 1.82) is 0 Å². The molecule has 5 heteroatoms. The number of likely N-dealkylation sites (N-methyl/N-ethyl adjacent to an activating group) is 1. The van der Waals surface area contributed by atoms with Crippen LogP contribution < -0.4 is 5.11 Å². The summed E-state index contributed by atoms with van der Waals surface area (Å²) in [6.07, 6.45) is 10.3. The minimum atomic E-state index is -1.22. The summed E-state index contributed by atoms with van der Waals surface area (Å²) in [5, 5.41) is 10.7. The Hall–Kier alpha value is -1.62. The standard InChI is InChI=1S/C17H29NO4/c1-5-6-7-8-9-10-11-12-17(21)22-15(13-16(19)20)14-18(2,3)4/h9-12,15H,5-8,13-14H2,1-4H3. The number of ether oxygens (including phenoxy) is 1. The van der Waals surface area contributed by atoms with E-state index in [2.05, 4.69) is 6.92 Å². The Bertz CT molecular complexity index is 394. The van der Waals surface area contributed by atoms with Gasteiger partial charge in [-0.1, -0.05) is 38.0 Å². The lowest BCUT2D eigenvalue weighted by Crippen LogP contribution is -2.45. The average Bonchev–Trinajstić information content (AvgIpc) is 2.34. The smallest absolute Gasteiger partial charge is 0.331 e. The molecule has 0 saturated carbocycles. The van der Waals surface area contributed by atoms with E-state index < -0.39 is 18.0 Å². The number of aliphatic carboxylic acids is 1. The van der Waals surface area contributed by atoms with Crippen molar-refractivity contribution in [2.24, 2.45) is 0 Å². The van der Waals surface area contributed by atoms with Crippen LogP contribution in [0.5, 0.6) is 0 Å². The number of nitrogens with zero attached hydrogens (tertiary/aromatic N) is 1. The van der Waals surface area contributed by atoms with Gasteiger partial charge in [-0.15, -0.1) is 0 Å². The minimum absolute atomic E-state index is 0.290. The van der Waals surface area contributed by atoms with E-state index in [1.165, 1.54) is 18.9 Å². The third kappa shape index (κ3) is 13.4. The predicted octanol–water partition coefficient (Wildman–Crippen LogP) is 1.44. The quantitative estimate of drug-likeness (QED) is 0.190. The average molecular weight is 311 g/mol. The fourth-order valence-electron chi connectivity index (χ4n) is 1.96. The normalized spacial score (nSPS) is 13.6. The zero-order valence-electron chi connectivity index (χ0n) is 14.2. The number of hydrogen-bond donors (Lipinski definition) is 0. The topological polar surface area (TPSA) is 66.4 Å². The molecule has 1 unspecified atom stereocenters. The number of carbonyl (C=O) groups is 2. The second-order valence-corrected chi connectivity index (χ2v) is 6.39. The number of carboxylic acid groups (broad SMARTS) is 1. The van der Waals surface area contributed by atoms with E-state index in [-0.39, 0.29) is 6.42 Å². The molecule has 0 aliphatic rings. The first kappa shape index (κ1) is 20.4. The molecule has 0 spiro atoms. The summed E-state index contributed by atoms with van der Waals surface area (Å²) in [6.45, 7) is 2.57. The van der Waals surface area contributed by atoms with Crippen molar-refractivity contribution >= 4 is 11.9 Å². The molecule has 1 atom stereocenters. The SMILES string of the molecule is CCCCCC=CC=CC(=O)OC(CC(=O)[O-])C[N+](C)(C)C. The summed E-state index contributed by atoms with van der Waals surface area (Å²) in [5.41, 5.74) is 0. The highest BCUT2D eigenvalue weighted by atomic mass is 16.5. The van der Waals surface area contributed by atoms with Crippen molar-refractivity contribution in [3.8, 4) is 0 Å². The molecule has 0 rings (SSSR count). The lowest BCUT2D eigenvalue weighted by molar-refractivity contribution is -0.873. The number of hydrogen-bond acceptors (Lipinski definition) is 4. The monoisotopic (exact) mass is 311 g/mol. The molecule has 0 saturated heterocycles. The summed E-state index contributed by atoms with van der Waals surface area (Å²) >= 11 is 0. The summed E-state index contributed by atoms with van der Waals surface area (Å²) in [4.78, 5) is 22.4. The first-order valence-corrected chi connectivity index (χ1v) is 7.78. The van der Waals surface area contributed by atoms with Crippen LogP contribution in [0.4, 0.5) is 0 Å². The van der Waals surface area contributed by atoms with Gasteiger partial charge in [0, 0.05) is 18.5 Å². The third-order valence-electron chi connectivity index (χ3n) is 2.88. The van der Waals surface area contributed by atoms with Gasteiger partial charge in [-0.25, -0.2) is 4.79 Å². The number of carbonyl (C=O) groups excluding carboxylic acids is 2. The molecule has 0 radical (unpaired) electrons. The molecule has 0 aromatic carbocycles. The molecule has 0 aliphatic heterocycles. The highest BCUT2D eigenvalue weighted by molar-refractivity contribution is 5.82. The Balaban J connectivity index is 4.29. The molecule has 0 amide bonds. The van der Waals surface area contributed by atoms with Crippen molar-refractivity contribution < 1.29 is 23.9 Å². The zero-order chi connectivity index (χ0) is 17.0. The van der Waals surface area contributed by atoms with Crippen molar-refractivity contribution in [2.45, 2.75) is 45.1 Å². The minimum Gasteiger partial charge on any atom is -0.550 e. The van der Waals surface area contributed by atoms with Gasteiger partial charge in [-0.05, 0) is 12.8 Å². The Morgan fingerprint density at radius 2 is 1.86 bits per heavy atom. The summed E-state index contributed by atoms with van der Waals surface area (Å²) < 4.78 is 5.69. The van der Waals surface area contributed by atoms with Gasteiger partial charge < -0.3 is 19.1 Å². The lowest BCUT2D eigenvalue weighted by atomic mass is 10.2. The number of carboxylic acids is 1. The molecule has 0 N–H and O–H groups in total. The van der Waals surface area contributed by atoms with Crippen molar-refractivity contribution in [3.63, 3.8) is 0 Å². The first-order chi connectivity index (χ1) is 10.2. The molecule has 0 heterocycles. The van der Waals surface area contributed by atoms with Gasteiger partial charge in [-0.3, -0.25) is 0 Å². The maximum absolute atomic E-state index is 11.7. The maximum Gasteiger partial charge on any atom is 0.331 e. The van der Waals surface area contributed by atoms with Crippen LogP contribution in [0.3, 0.4) is 0 Å². The molecule has 0 aromatic rings. The van der Waals surface area contributed by atoms with Crippen LogP contribution in [0.15, 0.2) is 24.3 Å². The Morgan fingerprint density at radius 1 is 1.18 bits per heavy atom. The number of esters is 1. The lowest BCUT2D eigenvalue weighted by Gasteiger charge is -2.28. The number of allylic oxidation sites excluding steroid dienone is 3. The number of quaternary nitrogens is 1. The number of unbranched alkanes of at least 4 members (excludes halogenated alkanes) is 3. The fourth-order valence-corrected chi connectivity index (χ4v) is 1.96. The van der Waals surface area contributed by atoms with E-state index in [1.807, 2.05) is 33.3 Å². The summed E-state index contributed by atoms with van der Waals surface area (Å²) in [7, 11) is 5.72. The van der Waals surface area contributed by atoms with Gasteiger partial charge in [-0.2, -0.15) is 0 Å². The van der Waals surface area contributed by atoms with Gasteiger partial charge in [0.05, 0.1) is 21.1 Å². The zero-order valence-corrected chi connectivity index (χ0v) is 14.2.